The van der Waals surface area contributed by atoms with Crippen LogP contribution in [0.3, 0.4) is 0 Å². The molecule has 0 aliphatic carbocycles. The van der Waals surface area contributed by atoms with Crippen LogP contribution in [0, 0.1) is 0 Å². The van der Waals surface area contributed by atoms with Gasteiger partial charge >= 0.3 is 0 Å². The summed E-state index contributed by atoms with van der Waals surface area (Å²) in [7, 11) is 4.09. The molecule has 2 aromatic rings. The van der Waals surface area contributed by atoms with Crippen LogP contribution in [0.4, 0.5) is 0 Å². The van der Waals surface area contributed by atoms with Crippen LogP contribution >= 0.6 is 0 Å². The summed E-state index contributed by atoms with van der Waals surface area (Å²) in [4.78, 5) is 2.11. The van der Waals surface area contributed by atoms with E-state index in [4.69, 9.17) is 9.15 Å². The Bertz CT molecular complexity index is 561. The normalized spacial score (nSPS) is 11.9. The van der Waals surface area contributed by atoms with E-state index >= 15 is 0 Å². The van der Waals surface area contributed by atoms with Gasteiger partial charge in [0.05, 0.1) is 6.61 Å². The van der Waals surface area contributed by atoms with Crippen molar-refractivity contribution in [1.82, 2.24) is 10.2 Å². The predicted octanol–water partition coefficient (Wildman–Crippen LogP) is 3.01. The van der Waals surface area contributed by atoms with Crippen molar-refractivity contribution in [1.29, 1.82) is 0 Å². The first-order valence-electron chi connectivity index (χ1n) is 7.53. The standard InChI is InChI=1S/C17H26N2O2/c1-13(2)18-11-15-14-7-5-6-8-16(14)21-17(15)12-20-10-9-19(3)4/h5-8,13,18H,9-12H2,1-4H3. The molecule has 1 N–H and O–H groups in total. The van der Waals surface area contributed by atoms with Crippen LogP contribution < -0.4 is 5.32 Å². The van der Waals surface area contributed by atoms with Gasteiger partial charge in [-0.05, 0) is 20.2 Å². The minimum absolute atomic E-state index is 0.446. The number of nitrogens with zero attached hydrogens (tertiary/aromatic N) is 1. The molecule has 0 aliphatic rings. The fourth-order valence-corrected chi connectivity index (χ4v) is 2.18. The summed E-state index contributed by atoms with van der Waals surface area (Å²) in [5.74, 6) is 0.933. The summed E-state index contributed by atoms with van der Waals surface area (Å²) in [5, 5.41) is 4.64. The fourth-order valence-electron chi connectivity index (χ4n) is 2.18. The molecule has 0 spiro atoms. The smallest absolute Gasteiger partial charge is 0.135 e. The van der Waals surface area contributed by atoms with Crippen LogP contribution in [0.25, 0.3) is 11.0 Å². The van der Waals surface area contributed by atoms with Crippen molar-refractivity contribution >= 4 is 11.0 Å². The topological polar surface area (TPSA) is 37.6 Å². The van der Waals surface area contributed by atoms with Gasteiger partial charge in [0.25, 0.3) is 0 Å². The van der Waals surface area contributed by atoms with E-state index in [0.717, 1.165) is 24.4 Å². The molecule has 4 nitrogen and oxygen atoms in total. The molecule has 0 saturated carbocycles. The number of hydrogen-bond acceptors (Lipinski definition) is 4. The molecule has 1 heterocycles. The van der Waals surface area contributed by atoms with Gasteiger partial charge in [0.2, 0.25) is 0 Å². The molecule has 0 unspecified atom stereocenters. The molecular weight excluding hydrogens is 264 g/mol. The molecule has 0 radical (unpaired) electrons. The maximum atomic E-state index is 5.96. The molecule has 21 heavy (non-hydrogen) atoms. The summed E-state index contributed by atoms with van der Waals surface area (Å²) in [6.07, 6.45) is 0. The van der Waals surface area contributed by atoms with E-state index in [1.54, 1.807) is 0 Å². The van der Waals surface area contributed by atoms with Gasteiger partial charge in [-0.1, -0.05) is 32.0 Å². The highest BCUT2D eigenvalue weighted by Gasteiger charge is 2.14. The first-order valence-corrected chi connectivity index (χ1v) is 7.53. The van der Waals surface area contributed by atoms with Crippen molar-refractivity contribution in [2.75, 3.05) is 27.2 Å². The first-order chi connectivity index (χ1) is 10.1. The zero-order valence-electron chi connectivity index (χ0n) is 13.5. The van der Waals surface area contributed by atoms with E-state index in [1.165, 1.54) is 10.9 Å². The second kappa shape index (κ2) is 7.59. The summed E-state index contributed by atoms with van der Waals surface area (Å²) in [5.41, 5.74) is 2.15. The van der Waals surface area contributed by atoms with E-state index < -0.39 is 0 Å². The van der Waals surface area contributed by atoms with Gasteiger partial charge in [0.1, 0.15) is 18.0 Å². The van der Waals surface area contributed by atoms with Gasteiger partial charge in [-0.2, -0.15) is 0 Å². The molecule has 4 heteroatoms. The number of nitrogens with one attached hydrogen (secondary N) is 1. The Kier molecular flexibility index (Phi) is 5.79. The molecule has 116 valence electrons. The van der Waals surface area contributed by atoms with Crippen molar-refractivity contribution < 1.29 is 9.15 Å². The lowest BCUT2D eigenvalue weighted by Gasteiger charge is -2.11. The largest absolute Gasteiger partial charge is 0.458 e. The van der Waals surface area contributed by atoms with Crippen LogP contribution in [0.1, 0.15) is 25.2 Å². The molecule has 1 aromatic heterocycles. The third-order valence-corrected chi connectivity index (χ3v) is 3.39. The Morgan fingerprint density at radius 3 is 2.71 bits per heavy atom. The number of rotatable bonds is 8. The molecule has 0 atom stereocenters. The average molecular weight is 290 g/mol. The highest BCUT2D eigenvalue weighted by atomic mass is 16.5. The first kappa shape index (κ1) is 16.0. The Hall–Kier alpha value is -1.36. The van der Waals surface area contributed by atoms with Crippen LogP contribution in [-0.4, -0.2) is 38.2 Å². The number of ether oxygens (including phenoxy) is 1. The van der Waals surface area contributed by atoms with Crippen molar-refractivity contribution in [3.05, 3.63) is 35.6 Å². The van der Waals surface area contributed by atoms with Crippen LogP contribution in [0.2, 0.25) is 0 Å². The van der Waals surface area contributed by atoms with Crippen molar-refractivity contribution in [3.63, 3.8) is 0 Å². The number of para-hydroxylation sites is 1. The zero-order chi connectivity index (χ0) is 15.2. The second-order valence-electron chi connectivity index (χ2n) is 5.89. The highest BCUT2D eigenvalue weighted by molar-refractivity contribution is 5.82. The quantitative estimate of drug-likeness (QED) is 0.758. The SMILES string of the molecule is CC(C)NCc1c(COCCN(C)C)oc2ccccc12. The second-order valence-corrected chi connectivity index (χ2v) is 5.89. The summed E-state index contributed by atoms with van der Waals surface area (Å²) in [6, 6.07) is 8.62. The lowest BCUT2D eigenvalue weighted by Crippen LogP contribution is -2.22. The Balaban J connectivity index is 2.10. The minimum Gasteiger partial charge on any atom is -0.458 e. The van der Waals surface area contributed by atoms with Gasteiger partial charge < -0.3 is 19.4 Å². The number of benzene rings is 1. The van der Waals surface area contributed by atoms with Crippen LogP contribution in [0.15, 0.2) is 28.7 Å². The van der Waals surface area contributed by atoms with Gasteiger partial charge in [0.15, 0.2) is 0 Å². The summed E-state index contributed by atoms with van der Waals surface area (Å²) in [6.45, 7) is 7.25. The maximum absolute atomic E-state index is 5.96. The van der Waals surface area contributed by atoms with E-state index in [1.807, 2.05) is 32.3 Å². The molecular formula is C17H26N2O2. The molecule has 2 rings (SSSR count). The van der Waals surface area contributed by atoms with Crippen LogP contribution in [-0.2, 0) is 17.9 Å². The van der Waals surface area contributed by atoms with Crippen molar-refractivity contribution in [2.45, 2.75) is 33.0 Å². The minimum atomic E-state index is 0.446. The zero-order valence-corrected chi connectivity index (χ0v) is 13.5. The molecule has 0 fully saturated rings. The van der Waals surface area contributed by atoms with Gasteiger partial charge in [-0.3, -0.25) is 0 Å². The number of fused-ring (bicyclic) bond motifs is 1. The van der Waals surface area contributed by atoms with E-state index in [2.05, 4.69) is 30.1 Å². The average Bonchev–Trinajstić information content (AvgIpc) is 2.78. The fraction of sp³-hybridized carbons (Fsp3) is 0.529. The van der Waals surface area contributed by atoms with Crippen LogP contribution in [0.5, 0.6) is 0 Å². The maximum Gasteiger partial charge on any atom is 0.135 e. The predicted molar refractivity (Wildman–Crippen MR) is 86.4 cm³/mol. The van der Waals surface area contributed by atoms with Crippen molar-refractivity contribution in [2.24, 2.45) is 0 Å². The molecule has 0 bridgehead atoms. The lowest BCUT2D eigenvalue weighted by molar-refractivity contribution is 0.0929. The number of likely N-dealkylation sites (N-methyl/N-ethyl adjacent to an activating group) is 1. The van der Waals surface area contributed by atoms with E-state index in [-0.39, 0.29) is 0 Å². The Morgan fingerprint density at radius 1 is 1.24 bits per heavy atom. The van der Waals surface area contributed by atoms with Gasteiger partial charge in [-0.25, -0.2) is 0 Å². The number of hydrogen-bond donors (Lipinski definition) is 1. The van der Waals surface area contributed by atoms with E-state index in [0.29, 0.717) is 19.3 Å². The summed E-state index contributed by atoms with van der Waals surface area (Å²) < 4.78 is 11.7. The molecule has 0 aliphatic heterocycles. The Labute approximate surface area is 127 Å². The number of furan rings is 1. The third kappa shape index (κ3) is 4.56. The van der Waals surface area contributed by atoms with E-state index in [9.17, 15) is 0 Å². The lowest BCUT2D eigenvalue weighted by atomic mass is 10.1. The molecule has 0 amide bonds. The Morgan fingerprint density at radius 2 is 2.00 bits per heavy atom. The van der Waals surface area contributed by atoms with Crippen molar-refractivity contribution in [3.8, 4) is 0 Å². The van der Waals surface area contributed by atoms with Gasteiger partial charge in [-0.15, -0.1) is 0 Å². The highest BCUT2D eigenvalue weighted by Crippen LogP contribution is 2.26. The monoisotopic (exact) mass is 290 g/mol. The van der Waals surface area contributed by atoms with Gasteiger partial charge in [0, 0.05) is 30.1 Å². The third-order valence-electron chi connectivity index (χ3n) is 3.39. The molecule has 1 aromatic carbocycles. The molecule has 0 saturated heterocycles. The summed E-state index contributed by atoms with van der Waals surface area (Å²) >= 11 is 0.